The molecule has 1 rings (SSSR count). The molecule has 0 aliphatic heterocycles. The molecule has 0 aliphatic rings. The van der Waals surface area contributed by atoms with Gasteiger partial charge < -0.3 is 10.6 Å². The Hall–Kier alpha value is -1.60. The molecule has 0 saturated heterocycles. The average molecular weight is 235 g/mol. The highest BCUT2D eigenvalue weighted by molar-refractivity contribution is 5.54. The first-order chi connectivity index (χ1) is 7.95. The van der Waals surface area contributed by atoms with Gasteiger partial charge in [0.15, 0.2) is 0 Å². The highest BCUT2D eigenvalue weighted by Crippen LogP contribution is 2.25. The molecule has 0 fully saturated rings. The third-order valence-electron chi connectivity index (χ3n) is 2.66. The van der Waals surface area contributed by atoms with Crippen LogP contribution < -0.4 is 10.6 Å². The minimum absolute atomic E-state index is 0.0778. The van der Waals surface area contributed by atoms with E-state index in [2.05, 4.69) is 6.07 Å². The Morgan fingerprint density at radius 3 is 2.65 bits per heavy atom. The van der Waals surface area contributed by atoms with Crippen LogP contribution in [0.5, 0.6) is 0 Å². The number of nitriles is 1. The summed E-state index contributed by atoms with van der Waals surface area (Å²) in [6.45, 7) is 4.27. The van der Waals surface area contributed by atoms with Crippen LogP contribution in [0.25, 0.3) is 0 Å². The van der Waals surface area contributed by atoms with Crippen molar-refractivity contribution in [1.29, 1.82) is 5.26 Å². The summed E-state index contributed by atoms with van der Waals surface area (Å²) in [6.07, 6.45) is 0. The molecular formula is C13H18FN3. The smallest absolute Gasteiger partial charge is 0.123 e. The van der Waals surface area contributed by atoms with Gasteiger partial charge in [-0.3, -0.25) is 0 Å². The summed E-state index contributed by atoms with van der Waals surface area (Å²) in [7, 11) is 1.88. The van der Waals surface area contributed by atoms with Gasteiger partial charge >= 0.3 is 0 Å². The molecule has 17 heavy (non-hydrogen) atoms. The highest BCUT2D eigenvalue weighted by Gasteiger charge is 2.13. The van der Waals surface area contributed by atoms with Gasteiger partial charge in [-0.2, -0.15) is 5.26 Å². The quantitative estimate of drug-likeness (QED) is 0.872. The van der Waals surface area contributed by atoms with Crippen molar-refractivity contribution in [3.8, 4) is 6.07 Å². The zero-order valence-electron chi connectivity index (χ0n) is 10.4. The van der Waals surface area contributed by atoms with Crippen LogP contribution in [0.3, 0.4) is 0 Å². The van der Waals surface area contributed by atoms with E-state index in [-0.39, 0.29) is 17.8 Å². The molecule has 0 saturated carbocycles. The predicted octanol–water partition coefficient (Wildman–Crippen LogP) is 2.44. The molecule has 0 spiro atoms. The molecule has 3 nitrogen and oxygen atoms in total. The van der Waals surface area contributed by atoms with Crippen LogP contribution in [0.15, 0.2) is 18.2 Å². The van der Waals surface area contributed by atoms with Gasteiger partial charge in [0, 0.05) is 25.3 Å². The molecule has 4 heteroatoms. The van der Waals surface area contributed by atoms with E-state index in [1.807, 2.05) is 25.8 Å². The maximum Gasteiger partial charge on any atom is 0.123 e. The number of hydrogen-bond acceptors (Lipinski definition) is 3. The number of hydrogen-bond donors (Lipinski definition) is 1. The van der Waals surface area contributed by atoms with E-state index >= 15 is 0 Å². The van der Waals surface area contributed by atoms with E-state index in [0.717, 1.165) is 11.3 Å². The van der Waals surface area contributed by atoms with Crippen molar-refractivity contribution in [2.24, 2.45) is 11.7 Å². The lowest BCUT2D eigenvalue weighted by Crippen LogP contribution is -2.25. The van der Waals surface area contributed by atoms with E-state index < -0.39 is 0 Å². The third kappa shape index (κ3) is 3.43. The van der Waals surface area contributed by atoms with E-state index in [1.165, 1.54) is 12.1 Å². The fraction of sp³-hybridized carbons (Fsp3) is 0.462. The minimum Gasteiger partial charge on any atom is -0.373 e. The summed E-state index contributed by atoms with van der Waals surface area (Å²) in [5.74, 6) is -0.367. The van der Waals surface area contributed by atoms with Crippen molar-refractivity contribution in [3.05, 3.63) is 29.6 Å². The molecule has 0 aliphatic carbocycles. The number of benzene rings is 1. The summed E-state index contributed by atoms with van der Waals surface area (Å²) < 4.78 is 13.2. The van der Waals surface area contributed by atoms with E-state index in [1.54, 1.807) is 6.07 Å². The second-order valence-electron chi connectivity index (χ2n) is 4.40. The average Bonchev–Trinajstić information content (AvgIpc) is 2.28. The molecule has 1 aromatic carbocycles. The summed E-state index contributed by atoms with van der Waals surface area (Å²) in [6, 6.07) is 6.51. The Balaban J connectivity index is 3.01. The minimum atomic E-state index is -0.289. The van der Waals surface area contributed by atoms with Crippen LogP contribution >= 0.6 is 0 Å². The molecule has 2 atom stereocenters. The standard InChI is InChI=1S/C13H18FN3/c1-9(7-15)8-17(3)13-5-4-11(14)6-12(13)10(2)16/h4-6,9-10H,8,16H2,1-3H3/t9?,10-/m1/s1. The zero-order chi connectivity index (χ0) is 13.0. The molecule has 0 heterocycles. The Kier molecular flexibility index (Phi) is 4.47. The SMILES string of the molecule is CC(C#N)CN(C)c1ccc(F)cc1[C@@H](C)N. The number of anilines is 1. The fourth-order valence-corrected chi connectivity index (χ4v) is 1.79. The van der Waals surface area contributed by atoms with Gasteiger partial charge in [-0.05, 0) is 37.6 Å². The number of nitrogens with two attached hydrogens (primary N) is 1. The summed E-state index contributed by atoms with van der Waals surface area (Å²) in [5, 5.41) is 8.79. The van der Waals surface area contributed by atoms with Gasteiger partial charge in [-0.1, -0.05) is 0 Å². The first-order valence-corrected chi connectivity index (χ1v) is 5.61. The second kappa shape index (κ2) is 5.65. The van der Waals surface area contributed by atoms with Gasteiger partial charge in [0.05, 0.1) is 12.0 Å². The normalized spacial score (nSPS) is 13.9. The van der Waals surface area contributed by atoms with Crippen LogP contribution in [-0.2, 0) is 0 Å². The topological polar surface area (TPSA) is 53.0 Å². The first kappa shape index (κ1) is 13.5. The van der Waals surface area contributed by atoms with Gasteiger partial charge in [0.25, 0.3) is 0 Å². The van der Waals surface area contributed by atoms with Crippen molar-refractivity contribution in [3.63, 3.8) is 0 Å². The monoisotopic (exact) mass is 235 g/mol. The first-order valence-electron chi connectivity index (χ1n) is 5.61. The molecular weight excluding hydrogens is 217 g/mol. The third-order valence-corrected chi connectivity index (χ3v) is 2.66. The second-order valence-corrected chi connectivity index (χ2v) is 4.40. The number of nitrogens with zero attached hydrogens (tertiary/aromatic N) is 2. The van der Waals surface area contributed by atoms with Crippen molar-refractivity contribution in [2.45, 2.75) is 19.9 Å². The Bertz CT molecular complexity index is 423. The van der Waals surface area contributed by atoms with Crippen LogP contribution in [0.2, 0.25) is 0 Å². The fourth-order valence-electron chi connectivity index (χ4n) is 1.79. The summed E-state index contributed by atoms with van der Waals surface area (Å²) in [4.78, 5) is 1.94. The molecule has 0 radical (unpaired) electrons. The van der Waals surface area contributed by atoms with Crippen LogP contribution in [0.1, 0.15) is 25.5 Å². The molecule has 1 unspecified atom stereocenters. The Morgan fingerprint density at radius 2 is 2.12 bits per heavy atom. The number of rotatable bonds is 4. The molecule has 0 amide bonds. The van der Waals surface area contributed by atoms with Gasteiger partial charge in [0.2, 0.25) is 0 Å². The zero-order valence-corrected chi connectivity index (χ0v) is 10.4. The molecule has 92 valence electrons. The lowest BCUT2D eigenvalue weighted by atomic mass is 10.0. The van der Waals surface area contributed by atoms with E-state index in [0.29, 0.717) is 6.54 Å². The van der Waals surface area contributed by atoms with Crippen molar-refractivity contribution in [2.75, 3.05) is 18.5 Å². The van der Waals surface area contributed by atoms with E-state index in [9.17, 15) is 4.39 Å². The summed E-state index contributed by atoms with van der Waals surface area (Å²) in [5.41, 5.74) is 7.47. The van der Waals surface area contributed by atoms with Crippen LogP contribution in [0.4, 0.5) is 10.1 Å². The molecule has 1 aromatic rings. The Labute approximate surface area is 102 Å². The Morgan fingerprint density at radius 1 is 1.47 bits per heavy atom. The van der Waals surface area contributed by atoms with Gasteiger partial charge in [0.1, 0.15) is 5.82 Å². The maximum absolute atomic E-state index is 13.2. The maximum atomic E-state index is 13.2. The van der Waals surface area contributed by atoms with Gasteiger partial charge in [-0.15, -0.1) is 0 Å². The van der Waals surface area contributed by atoms with Crippen molar-refractivity contribution < 1.29 is 4.39 Å². The molecule has 0 bridgehead atoms. The van der Waals surface area contributed by atoms with E-state index in [4.69, 9.17) is 11.0 Å². The van der Waals surface area contributed by atoms with Crippen LogP contribution in [0, 0.1) is 23.1 Å². The predicted molar refractivity (Wildman–Crippen MR) is 67.0 cm³/mol. The summed E-state index contributed by atoms with van der Waals surface area (Å²) >= 11 is 0. The molecule has 2 N–H and O–H groups in total. The lowest BCUT2D eigenvalue weighted by molar-refractivity contribution is 0.621. The van der Waals surface area contributed by atoms with Crippen LogP contribution in [-0.4, -0.2) is 13.6 Å². The van der Waals surface area contributed by atoms with Gasteiger partial charge in [-0.25, -0.2) is 4.39 Å². The van der Waals surface area contributed by atoms with Crippen molar-refractivity contribution >= 4 is 5.69 Å². The number of halogens is 1. The lowest BCUT2D eigenvalue weighted by Gasteiger charge is -2.24. The highest BCUT2D eigenvalue weighted by atomic mass is 19.1. The van der Waals surface area contributed by atoms with Crippen molar-refractivity contribution in [1.82, 2.24) is 0 Å². The molecule has 0 aromatic heterocycles. The largest absolute Gasteiger partial charge is 0.373 e.